The Bertz CT molecular complexity index is 911. The van der Waals surface area contributed by atoms with Crippen molar-refractivity contribution in [3.63, 3.8) is 0 Å². The van der Waals surface area contributed by atoms with E-state index in [9.17, 15) is 9.59 Å². The van der Waals surface area contributed by atoms with Crippen LogP contribution in [0.4, 0.5) is 27.6 Å². The topological polar surface area (TPSA) is 154 Å². The summed E-state index contributed by atoms with van der Waals surface area (Å²) in [4.78, 5) is 8.53. The van der Waals surface area contributed by atoms with Crippen LogP contribution in [0.3, 0.4) is 0 Å². The number of ether oxygens (including phenoxy) is 3. The van der Waals surface area contributed by atoms with Gasteiger partial charge in [-0.2, -0.15) is 5.26 Å². The average molecular weight is 448 g/mol. The molecule has 2 unspecified atom stereocenters. The second kappa shape index (κ2) is 12.0. The van der Waals surface area contributed by atoms with Gasteiger partial charge in [-0.1, -0.05) is 0 Å². The van der Waals surface area contributed by atoms with E-state index >= 15 is 0 Å². The molecule has 1 saturated heterocycles. The highest BCUT2D eigenvalue weighted by Gasteiger charge is 2.26. The number of halogens is 1. The van der Waals surface area contributed by atoms with Crippen LogP contribution in [-0.2, 0) is 9.47 Å². The Labute approximate surface area is 184 Å². The lowest BCUT2D eigenvalue weighted by Gasteiger charge is -2.29. The Morgan fingerprint density at radius 3 is 2.84 bits per heavy atom. The first-order valence-electron chi connectivity index (χ1n) is 10.0. The van der Waals surface area contributed by atoms with E-state index in [1.165, 1.54) is 12.3 Å². The molecule has 1 aliphatic rings. The molecule has 2 aromatic heterocycles. The fraction of sp³-hybridized carbons (Fsp3) is 0.450. The highest BCUT2D eigenvalue weighted by Crippen LogP contribution is 2.34. The van der Waals surface area contributed by atoms with Crippen LogP contribution >= 0.6 is 0 Å². The smallest absolute Gasteiger partial charge is 0.171 e. The number of anilines is 4. The second-order valence-electron chi connectivity index (χ2n) is 6.86. The normalized spacial score (nSPS) is 17.9. The first-order chi connectivity index (χ1) is 15.6. The van der Waals surface area contributed by atoms with Crippen LogP contribution in [0.5, 0.6) is 5.75 Å². The molecule has 0 saturated carbocycles. The first kappa shape index (κ1) is 23.4. The van der Waals surface area contributed by atoms with Crippen molar-refractivity contribution in [3.05, 3.63) is 30.0 Å². The van der Waals surface area contributed by atoms with Crippen molar-refractivity contribution < 1.29 is 28.9 Å². The number of aliphatic hydroxyl groups is 2. The molecular formula is C20H25FN6O5. The van der Waals surface area contributed by atoms with Gasteiger partial charge in [-0.15, -0.1) is 4.48 Å². The van der Waals surface area contributed by atoms with Crippen molar-refractivity contribution >= 4 is 23.1 Å². The fourth-order valence-electron chi connectivity index (χ4n) is 2.95. The maximum Gasteiger partial charge on any atom is 0.171 e. The van der Waals surface area contributed by atoms with Gasteiger partial charge < -0.3 is 35.1 Å². The number of rotatable bonds is 11. The molecule has 172 valence electrons. The van der Waals surface area contributed by atoms with Crippen molar-refractivity contribution in [3.8, 4) is 11.8 Å². The summed E-state index contributed by atoms with van der Waals surface area (Å²) in [6.07, 6.45) is 1.19. The van der Waals surface area contributed by atoms with Crippen LogP contribution in [0.1, 0.15) is 12.0 Å². The van der Waals surface area contributed by atoms with Gasteiger partial charge in [0.25, 0.3) is 0 Å². The minimum Gasteiger partial charge on any atom is -0.487 e. The van der Waals surface area contributed by atoms with Crippen LogP contribution in [0.25, 0.3) is 0 Å². The third-order valence-electron chi connectivity index (χ3n) is 4.59. The van der Waals surface area contributed by atoms with Crippen LogP contribution in [-0.4, -0.2) is 72.0 Å². The molecule has 2 atom stereocenters. The number of pyridine rings is 2. The molecule has 32 heavy (non-hydrogen) atoms. The zero-order valence-corrected chi connectivity index (χ0v) is 17.3. The van der Waals surface area contributed by atoms with Crippen molar-refractivity contribution in [2.24, 2.45) is 0 Å². The van der Waals surface area contributed by atoms with Crippen molar-refractivity contribution in [1.29, 1.82) is 5.26 Å². The monoisotopic (exact) mass is 448 g/mol. The predicted octanol–water partition coefficient (Wildman–Crippen LogP) is 1.34. The Kier molecular flexibility index (Phi) is 8.76. The average Bonchev–Trinajstić information content (AvgIpc) is 2.82. The molecular weight excluding hydrogens is 423 g/mol. The van der Waals surface area contributed by atoms with Gasteiger partial charge in [0.15, 0.2) is 17.4 Å². The zero-order chi connectivity index (χ0) is 22.8. The van der Waals surface area contributed by atoms with E-state index in [-0.39, 0.29) is 56.1 Å². The van der Waals surface area contributed by atoms with Gasteiger partial charge in [-0.3, -0.25) is 0 Å². The SMILES string of the molecule is N#Cc1ccc(Nc2nc(NC3COCCC3O)c(OCCOCCO)cc2NF)nc1. The van der Waals surface area contributed by atoms with Crippen molar-refractivity contribution in [2.45, 2.75) is 18.6 Å². The quantitative estimate of drug-likeness (QED) is 0.250. The van der Waals surface area contributed by atoms with Crippen LogP contribution < -0.4 is 20.9 Å². The van der Waals surface area contributed by atoms with E-state index in [4.69, 9.17) is 24.6 Å². The lowest BCUT2D eigenvalue weighted by Crippen LogP contribution is -2.42. The Morgan fingerprint density at radius 1 is 1.28 bits per heavy atom. The standard InChI is InChI=1S/C20H25FN6O5/c21-27-14-9-17(32-8-7-30-6-4-28)20(24-15-12-31-5-3-16(15)29)26-19(14)25-18-2-1-13(10-22)11-23-18/h1-2,9,11,15-16,27-29H,3-8,12H2,(H2,23,24,25,26). The van der Waals surface area contributed by atoms with E-state index in [2.05, 4.69) is 20.6 Å². The fourth-order valence-corrected chi connectivity index (χ4v) is 2.95. The molecule has 0 amide bonds. The maximum atomic E-state index is 13.5. The first-order valence-corrected chi connectivity index (χ1v) is 10.0. The lowest BCUT2D eigenvalue weighted by atomic mass is 10.1. The third-order valence-corrected chi connectivity index (χ3v) is 4.59. The molecule has 2 aromatic rings. The minimum atomic E-state index is -0.651. The van der Waals surface area contributed by atoms with Gasteiger partial charge in [-0.25, -0.2) is 15.5 Å². The van der Waals surface area contributed by atoms with Crippen LogP contribution in [0.15, 0.2) is 24.4 Å². The predicted molar refractivity (Wildman–Crippen MR) is 113 cm³/mol. The molecule has 3 rings (SSSR count). The number of nitrogens with zero attached hydrogens (tertiary/aromatic N) is 3. The number of aliphatic hydroxyl groups excluding tert-OH is 2. The van der Waals surface area contributed by atoms with Crippen molar-refractivity contribution in [1.82, 2.24) is 9.97 Å². The summed E-state index contributed by atoms with van der Waals surface area (Å²) in [5.74, 6) is 0.957. The number of hydrogen-bond acceptors (Lipinski definition) is 11. The lowest BCUT2D eigenvalue weighted by molar-refractivity contribution is 0.00295. The number of hydrogen-bond donors (Lipinski definition) is 5. The summed E-state index contributed by atoms with van der Waals surface area (Å²) in [5, 5.41) is 34.0. The van der Waals surface area contributed by atoms with Gasteiger partial charge in [0.05, 0.1) is 44.1 Å². The summed E-state index contributed by atoms with van der Waals surface area (Å²) in [6.45, 7) is 1.15. The molecule has 1 fully saturated rings. The molecule has 0 aromatic carbocycles. The van der Waals surface area contributed by atoms with Crippen molar-refractivity contribution in [2.75, 3.05) is 55.8 Å². The highest BCUT2D eigenvalue weighted by molar-refractivity contribution is 5.74. The van der Waals surface area contributed by atoms with Gasteiger partial charge >= 0.3 is 0 Å². The molecule has 0 radical (unpaired) electrons. The van der Waals surface area contributed by atoms with E-state index in [1.807, 2.05) is 6.07 Å². The van der Waals surface area contributed by atoms with Gasteiger partial charge in [0.1, 0.15) is 24.2 Å². The number of nitrogens with one attached hydrogen (secondary N) is 3. The largest absolute Gasteiger partial charge is 0.487 e. The summed E-state index contributed by atoms with van der Waals surface area (Å²) in [6, 6.07) is 6.08. The van der Waals surface area contributed by atoms with E-state index in [0.717, 1.165) is 0 Å². The van der Waals surface area contributed by atoms with Gasteiger partial charge in [0, 0.05) is 18.9 Å². The summed E-state index contributed by atoms with van der Waals surface area (Å²) < 4.78 is 29.8. The molecule has 0 spiro atoms. The van der Waals surface area contributed by atoms with E-state index in [1.54, 1.807) is 17.7 Å². The number of nitriles is 1. The molecule has 11 nitrogen and oxygen atoms in total. The maximum absolute atomic E-state index is 13.5. The molecule has 0 bridgehead atoms. The number of aromatic nitrogens is 2. The van der Waals surface area contributed by atoms with E-state index < -0.39 is 12.1 Å². The second-order valence-corrected chi connectivity index (χ2v) is 6.86. The molecule has 1 aliphatic heterocycles. The minimum absolute atomic E-state index is 0.00608. The van der Waals surface area contributed by atoms with Crippen LogP contribution in [0, 0.1) is 11.3 Å². The Morgan fingerprint density at radius 2 is 2.16 bits per heavy atom. The molecule has 0 aliphatic carbocycles. The summed E-state index contributed by atoms with van der Waals surface area (Å²) in [7, 11) is 0. The summed E-state index contributed by atoms with van der Waals surface area (Å²) >= 11 is 0. The highest BCUT2D eigenvalue weighted by atomic mass is 19.2. The molecule has 5 N–H and O–H groups in total. The van der Waals surface area contributed by atoms with Gasteiger partial charge in [0.2, 0.25) is 0 Å². The molecule has 3 heterocycles. The summed E-state index contributed by atoms with van der Waals surface area (Å²) in [5.41, 5.74) is 1.95. The third kappa shape index (κ3) is 6.38. The molecule has 12 heteroatoms. The zero-order valence-electron chi connectivity index (χ0n) is 17.3. The Balaban J connectivity index is 1.84. The van der Waals surface area contributed by atoms with E-state index in [0.29, 0.717) is 24.4 Å². The Hall–Kier alpha value is -3.24. The van der Waals surface area contributed by atoms with Crippen LogP contribution in [0.2, 0.25) is 0 Å². The van der Waals surface area contributed by atoms with Gasteiger partial charge in [-0.05, 0) is 18.6 Å².